The van der Waals surface area contributed by atoms with Crippen molar-refractivity contribution in [2.75, 3.05) is 5.73 Å². The third-order valence-corrected chi connectivity index (χ3v) is 3.77. The number of aromatic nitrogens is 2. The van der Waals surface area contributed by atoms with Crippen molar-refractivity contribution in [2.45, 2.75) is 25.2 Å². The molecule has 0 bridgehead atoms. The third kappa shape index (κ3) is 2.09. The van der Waals surface area contributed by atoms with E-state index in [4.69, 9.17) is 5.73 Å². The molecule has 2 N–H and O–H groups in total. The van der Waals surface area contributed by atoms with E-state index in [1.54, 1.807) is 0 Å². The Kier molecular flexibility index (Phi) is 3.06. The number of nitrogens with zero attached hydrogens (tertiary/aromatic N) is 3. The third-order valence-electron chi connectivity index (χ3n) is 3.77. The van der Waals surface area contributed by atoms with Crippen LogP contribution in [-0.4, -0.2) is 14.9 Å². The minimum absolute atomic E-state index is 0.103. The second-order valence-electron chi connectivity index (χ2n) is 4.97. The van der Waals surface area contributed by atoms with E-state index in [2.05, 4.69) is 16.0 Å². The van der Waals surface area contributed by atoms with Gasteiger partial charge in [0.15, 0.2) is 5.69 Å². The van der Waals surface area contributed by atoms with Gasteiger partial charge in [-0.1, -0.05) is 24.6 Å². The SMILES string of the molecule is Nc1ncnc(-c2cccc(C3CCC3)c2)c1[N+](=O)[O-]. The maximum Gasteiger partial charge on any atom is 0.337 e. The number of hydrogen-bond donors (Lipinski definition) is 1. The predicted molar refractivity (Wildman–Crippen MR) is 75.1 cm³/mol. The van der Waals surface area contributed by atoms with Crippen molar-refractivity contribution in [2.24, 2.45) is 0 Å². The van der Waals surface area contributed by atoms with Gasteiger partial charge in [0.25, 0.3) is 0 Å². The van der Waals surface area contributed by atoms with Crippen molar-refractivity contribution in [3.8, 4) is 11.3 Å². The molecule has 1 aromatic carbocycles. The van der Waals surface area contributed by atoms with Crippen molar-refractivity contribution in [3.63, 3.8) is 0 Å². The number of rotatable bonds is 3. The van der Waals surface area contributed by atoms with Crippen LogP contribution in [0.15, 0.2) is 30.6 Å². The van der Waals surface area contributed by atoms with Crippen molar-refractivity contribution in [1.82, 2.24) is 9.97 Å². The average Bonchev–Trinajstić information content (AvgIpc) is 2.36. The fourth-order valence-corrected chi connectivity index (χ4v) is 2.47. The van der Waals surface area contributed by atoms with Crippen LogP contribution in [0.2, 0.25) is 0 Å². The highest BCUT2D eigenvalue weighted by Crippen LogP contribution is 2.38. The van der Waals surface area contributed by atoms with E-state index in [1.807, 2.05) is 18.2 Å². The zero-order valence-electron chi connectivity index (χ0n) is 10.8. The standard InChI is InChI=1S/C14H14N4O2/c15-14-13(18(19)20)12(16-8-17-14)11-6-2-5-10(7-11)9-3-1-4-9/h2,5-9H,1,3-4H2,(H2,15,16,17). The van der Waals surface area contributed by atoms with Gasteiger partial charge in [-0.25, -0.2) is 9.97 Å². The number of hydrogen-bond acceptors (Lipinski definition) is 5. The van der Waals surface area contributed by atoms with Gasteiger partial charge in [-0.15, -0.1) is 0 Å². The molecular weight excluding hydrogens is 256 g/mol. The lowest BCUT2D eigenvalue weighted by Crippen LogP contribution is -2.08. The Bertz CT molecular complexity index is 668. The van der Waals surface area contributed by atoms with E-state index >= 15 is 0 Å². The second kappa shape index (κ2) is 4.88. The molecule has 6 heteroatoms. The van der Waals surface area contributed by atoms with Crippen molar-refractivity contribution >= 4 is 11.5 Å². The summed E-state index contributed by atoms with van der Waals surface area (Å²) in [5, 5.41) is 11.1. The molecule has 1 aliphatic rings. The summed E-state index contributed by atoms with van der Waals surface area (Å²) >= 11 is 0. The van der Waals surface area contributed by atoms with E-state index in [0.29, 0.717) is 5.92 Å². The Labute approximate surface area is 115 Å². The minimum Gasteiger partial charge on any atom is -0.378 e. The molecule has 20 heavy (non-hydrogen) atoms. The molecule has 1 saturated carbocycles. The van der Waals surface area contributed by atoms with E-state index in [0.717, 1.165) is 5.56 Å². The molecule has 6 nitrogen and oxygen atoms in total. The van der Waals surface area contributed by atoms with Crippen LogP contribution < -0.4 is 5.73 Å². The lowest BCUT2D eigenvalue weighted by Gasteiger charge is -2.26. The smallest absolute Gasteiger partial charge is 0.337 e. The van der Waals surface area contributed by atoms with E-state index in [9.17, 15) is 10.1 Å². The number of nitrogens with two attached hydrogens (primary N) is 1. The molecule has 1 aliphatic carbocycles. The first-order valence-electron chi connectivity index (χ1n) is 6.52. The summed E-state index contributed by atoms with van der Waals surface area (Å²) in [6, 6.07) is 7.75. The molecule has 0 spiro atoms. The Morgan fingerprint density at radius 1 is 1.30 bits per heavy atom. The zero-order valence-corrected chi connectivity index (χ0v) is 10.8. The van der Waals surface area contributed by atoms with Crippen LogP contribution in [0.1, 0.15) is 30.7 Å². The van der Waals surface area contributed by atoms with E-state index < -0.39 is 4.92 Å². The van der Waals surface area contributed by atoms with Gasteiger partial charge in [0.05, 0.1) is 4.92 Å². The summed E-state index contributed by atoms with van der Waals surface area (Å²) < 4.78 is 0. The molecule has 0 atom stereocenters. The minimum atomic E-state index is -0.527. The Morgan fingerprint density at radius 2 is 2.10 bits per heavy atom. The Hall–Kier alpha value is -2.50. The maximum atomic E-state index is 11.1. The molecule has 1 heterocycles. The highest BCUT2D eigenvalue weighted by Gasteiger charge is 2.24. The monoisotopic (exact) mass is 270 g/mol. The molecule has 1 aromatic heterocycles. The van der Waals surface area contributed by atoms with Gasteiger partial charge in [-0.2, -0.15) is 0 Å². The van der Waals surface area contributed by atoms with Gasteiger partial charge in [0, 0.05) is 5.56 Å². The lowest BCUT2D eigenvalue weighted by atomic mass is 9.79. The molecule has 0 radical (unpaired) electrons. The van der Waals surface area contributed by atoms with Crippen LogP contribution in [0.5, 0.6) is 0 Å². The first kappa shape index (κ1) is 12.5. The van der Waals surface area contributed by atoms with Gasteiger partial charge < -0.3 is 5.73 Å². The van der Waals surface area contributed by atoms with Crippen LogP contribution >= 0.6 is 0 Å². The summed E-state index contributed by atoms with van der Waals surface area (Å²) in [6.07, 6.45) is 4.86. The van der Waals surface area contributed by atoms with Crippen molar-refractivity contribution in [1.29, 1.82) is 0 Å². The topological polar surface area (TPSA) is 94.9 Å². The maximum absolute atomic E-state index is 11.1. The normalized spacial score (nSPS) is 14.8. The zero-order chi connectivity index (χ0) is 14.1. The summed E-state index contributed by atoms with van der Waals surface area (Å²) in [6.45, 7) is 0. The lowest BCUT2D eigenvalue weighted by molar-refractivity contribution is -0.383. The highest BCUT2D eigenvalue weighted by atomic mass is 16.6. The van der Waals surface area contributed by atoms with E-state index in [-0.39, 0.29) is 17.2 Å². The fraction of sp³-hybridized carbons (Fsp3) is 0.286. The molecule has 0 aliphatic heterocycles. The van der Waals surface area contributed by atoms with Crippen LogP contribution in [0.3, 0.4) is 0 Å². The molecule has 1 fully saturated rings. The van der Waals surface area contributed by atoms with Gasteiger partial charge in [0.1, 0.15) is 6.33 Å². The van der Waals surface area contributed by atoms with Crippen molar-refractivity contribution in [3.05, 3.63) is 46.3 Å². The first-order chi connectivity index (χ1) is 9.66. The Morgan fingerprint density at radius 3 is 2.75 bits per heavy atom. The average molecular weight is 270 g/mol. The van der Waals surface area contributed by atoms with Crippen LogP contribution in [0.25, 0.3) is 11.3 Å². The molecule has 102 valence electrons. The number of anilines is 1. The van der Waals surface area contributed by atoms with Crippen LogP contribution in [-0.2, 0) is 0 Å². The molecule has 2 aromatic rings. The Balaban J connectivity index is 2.09. The van der Waals surface area contributed by atoms with E-state index in [1.165, 1.54) is 31.2 Å². The second-order valence-corrected chi connectivity index (χ2v) is 4.97. The summed E-state index contributed by atoms with van der Waals surface area (Å²) in [4.78, 5) is 18.4. The van der Waals surface area contributed by atoms with Crippen molar-refractivity contribution < 1.29 is 4.92 Å². The summed E-state index contributed by atoms with van der Waals surface area (Å²) in [5.41, 5.74) is 7.59. The van der Waals surface area contributed by atoms with Gasteiger partial charge >= 0.3 is 5.69 Å². The summed E-state index contributed by atoms with van der Waals surface area (Å²) in [7, 11) is 0. The van der Waals surface area contributed by atoms with Crippen LogP contribution in [0, 0.1) is 10.1 Å². The number of nitro groups is 1. The number of benzene rings is 1. The quantitative estimate of drug-likeness (QED) is 0.683. The highest BCUT2D eigenvalue weighted by molar-refractivity contribution is 5.75. The fourth-order valence-electron chi connectivity index (χ4n) is 2.47. The molecule has 0 saturated heterocycles. The largest absolute Gasteiger partial charge is 0.378 e. The molecule has 0 amide bonds. The summed E-state index contributed by atoms with van der Waals surface area (Å²) in [5.74, 6) is 0.460. The molecular formula is C14H14N4O2. The first-order valence-corrected chi connectivity index (χ1v) is 6.52. The van der Waals surface area contributed by atoms with Gasteiger partial charge in [-0.05, 0) is 30.4 Å². The molecule has 0 unspecified atom stereocenters. The van der Waals surface area contributed by atoms with Gasteiger partial charge in [0.2, 0.25) is 5.82 Å². The van der Waals surface area contributed by atoms with Crippen LogP contribution in [0.4, 0.5) is 11.5 Å². The predicted octanol–water partition coefficient (Wildman–Crippen LogP) is 2.90. The number of nitrogen functional groups attached to an aromatic ring is 1. The van der Waals surface area contributed by atoms with Gasteiger partial charge in [-0.3, -0.25) is 10.1 Å². The molecule has 3 rings (SSSR count).